The summed E-state index contributed by atoms with van der Waals surface area (Å²) in [6.07, 6.45) is 2.97. The van der Waals surface area contributed by atoms with Crippen LogP contribution in [0.3, 0.4) is 0 Å². The van der Waals surface area contributed by atoms with Crippen molar-refractivity contribution in [2.24, 2.45) is 0 Å². The third kappa shape index (κ3) is 1.77. The Balaban J connectivity index is 2.32. The highest BCUT2D eigenvalue weighted by Crippen LogP contribution is 2.26. The fourth-order valence-electron chi connectivity index (χ4n) is 1.66. The van der Waals surface area contributed by atoms with Gasteiger partial charge in [0.1, 0.15) is 11.0 Å². The van der Waals surface area contributed by atoms with Gasteiger partial charge in [0.05, 0.1) is 18.0 Å². The van der Waals surface area contributed by atoms with Crippen molar-refractivity contribution >= 4 is 33.2 Å². The summed E-state index contributed by atoms with van der Waals surface area (Å²) < 4.78 is 16.1. The Morgan fingerprint density at radius 2 is 2.06 bits per heavy atom. The van der Waals surface area contributed by atoms with Gasteiger partial charge in [-0.15, -0.1) is 10.2 Å². The van der Waals surface area contributed by atoms with Crippen molar-refractivity contribution in [3.05, 3.63) is 46.0 Å². The van der Waals surface area contributed by atoms with Crippen LogP contribution in [0, 0.1) is 5.82 Å². The van der Waals surface area contributed by atoms with E-state index in [4.69, 9.17) is 11.6 Å². The van der Waals surface area contributed by atoms with Crippen LogP contribution in [0.1, 0.15) is 0 Å². The maximum Gasteiger partial charge on any atom is 0.180 e. The minimum absolute atomic E-state index is 0.329. The van der Waals surface area contributed by atoms with Crippen LogP contribution in [-0.4, -0.2) is 19.6 Å². The summed E-state index contributed by atoms with van der Waals surface area (Å²) in [6.45, 7) is 0. The summed E-state index contributed by atoms with van der Waals surface area (Å²) in [5, 5.41) is 8.19. The van der Waals surface area contributed by atoms with Gasteiger partial charge in [-0.3, -0.25) is 9.38 Å². The molecule has 90 valence electrons. The van der Waals surface area contributed by atoms with Gasteiger partial charge >= 0.3 is 0 Å². The van der Waals surface area contributed by atoms with E-state index in [1.807, 2.05) is 0 Å². The van der Waals surface area contributed by atoms with Crippen molar-refractivity contribution in [1.82, 2.24) is 19.6 Å². The summed E-state index contributed by atoms with van der Waals surface area (Å²) >= 11 is 9.23. The fraction of sp³-hybridized carbons (Fsp3) is 0. The molecule has 18 heavy (non-hydrogen) atoms. The zero-order chi connectivity index (χ0) is 12.7. The predicted octanol–water partition coefficient (Wildman–Crippen LogP) is 3.35. The molecule has 0 aliphatic heterocycles. The first kappa shape index (κ1) is 11.6. The number of fused-ring (bicyclic) bond motifs is 1. The summed E-state index contributed by atoms with van der Waals surface area (Å²) in [5.74, 6) is -0.0473. The molecule has 3 rings (SSSR count). The van der Waals surface area contributed by atoms with Crippen LogP contribution in [0.4, 0.5) is 4.39 Å². The molecule has 7 heteroatoms. The number of nitrogens with zero attached hydrogens (tertiary/aromatic N) is 4. The van der Waals surface area contributed by atoms with Crippen LogP contribution in [0.2, 0.25) is 5.15 Å². The lowest BCUT2D eigenvalue weighted by Gasteiger charge is -2.03. The summed E-state index contributed by atoms with van der Waals surface area (Å²) in [4.78, 5) is 3.90. The lowest BCUT2D eigenvalue weighted by molar-refractivity contribution is 0.629. The Morgan fingerprint density at radius 3 is 2.83 bits per heavy atom. The number of hydrogen-bond acceptors (Lipinski definition) is 3. The van der Waals surface area contributed by atoms with E-state index in [1.54, 1.807) is 16.5 Å². The maximum absolute atomic E-state index is 13.9. The minimum atomic E-state index is -0.397. The zero-order valence-electron chi connectivity index (χ0n) is 8.81. The first-order valence-corrected chi connectivity index (χ1v) is 6.14. The first-order valence-electron chi connectivity index (χ1n) is 4.97. The zero-order valence-corrected chi connectivity index (χ0v) is 11.2. The summed E-state index contributed by atoms with van der Waals surface area (Å²) in [6, 6.07) is 4.71. The second-order valence-electron chi connectivity index (χ2n) is 3.57. The van der Waals surface area contributed by atoms with Crippen molar-refractivity contribution in [3.63, 3.8) is 0 Å². The molecule has 0 unspecified atom stereocenters. The number of benzene rings is 1. The molecule has 0 radical (unpaired) electrons. The topological polar surface area (TPSA) is 43.1 Å². The average molecular weight is 328 g/mol. The van der Waals surface area contributed by atoms with Gasteiger partial charge in [-0.2, -0.15) is 0 Å². The van der Waals surface area contributed by atoms with Crippen LogP contribution in [0.5, 0.6) is 0 Å². The number of hydrogen-bond donors (Lipinski definition) is 0. The van der Waals surface area contributed by atoms with E-state index in [0.717, 1.165) is 0 Å². The Hall–Kier alpha value is -1.53. The smallest absolute Gasteiger partial charge is 0.180 e. The van der Waals surface area contributed by atoms with Gasteiger partial charge in [0.15, 0.2) is 11.5 Å². The molecule has 0 N–H and O–H groups in total. The van der Waals surface area contributed by atoms with Gasteiger partial charge < -0.3 is 0 Å². The van der Waals surface area contributed by atoms with Gasteiger partial charge in [0.2, 0.25) is 0 Å². The quantitative estimate of drug-likeness (QED) is 0.688. The highest BCUT2D eigenvalue weighted by Gasteiger charge is 2.14. The molecular formula is C11H5BrClFN4. The van der Waals surface area contributed by atoms with Crippen molar-refractivity contribution in [2.45, 2.75) is 0 Å². The van der Waals surface area contributed by atoms with Gasteiger partial charge in [-0.25, -0.2) is 4.39 Å². The molecule has 3 aromatic rings. The Labute approximate surface area is 115 Å². The number of halogens is 3. The average Bonchev–Trinajstić information content (AvgIpc) is 2.74. The highest BCUT2D eigenvalue weighted by molar-refractivity contribution is 9.10. The van der Waals surface area contributed by atoms with Crippen molar-refractivity contribution < 1.29 is 4.39 Å². The second kappa shape index (κ2) is 4.29. The van der Waals surface area contributed by atoms with Crippen LogP contribution < -0.4 is 0 Å². The molecule has 0 saturated carbocycles. The predicted molar refractivity (Wildman–Crippen MR) is 68.9 cm³/mol. The minimum Gasteiger partial charge on any atom is -0.262 e. The Kier molecular flexibility index (Phi) is 2.76. The van der Waals surface area contributed by atoms with Crippen LogP contribution >= 0.6 is 27.5 Å². The first-order chi connectivity index (χ1) is 8.66. The molecule has 0 fully saturated rings. The van der Waals surface area contributed by atoms with Crippen molar-refractivity contribution in [3.8, 4) is 11.4 Å². The summed E-state index contributed by atoms with van der Waals surface area (Å²) in [5.41, 5.74) is 0.804. The van der Waals surface area contributed by atoms with E-state index in [2.05, 4.69) is 31.1 Å². The SMILES string of the molecule is Fc1cc(Br)ccc1-c1nnc2cncc(Cl)n12. The van der Waals surface area contributed by atoms with Gasteiger partial charge in [0.25, 0.3) is 0 Å². The molecule has 0 spiro atoms. The molecule has 0 atom stereocenters. The molecule has 1 aromatic carbocycles. The molecule has 0 saturated heterocycles. The second-order valence-corrected chi connectivity index (χ2v) is 4.87. The van der Waals surface area contributed by atoms with Crippen molar-refractivity contribution in [2.75, 3.05) is 0 Å². The maximum atomic E-state index is 13.9. The molecule has 0 aliphatic carbocycles. The van der Waals surface area contributed by atoms with Crippen molar-refractivity contribution in [1.29, 1.82) is 0 Å². The molecule has 0 amide bonds. The van der Waals surface area contributed by atoms with Crippen LogP contribution in [0.15, 0.2) is 35.1 Å². The third-order valence-electron chi connectivity index (χ3n) is 2.44. The lowest BCUT2D eigenvalue weighted by atomic mass is 10.2. The van der Waals surface area contributed by atoms with E-state index < -0.39 is 5.82 Å². The van der Waals surface area contributed by atoms with E-state index in [-0.39, 0.29) is 0 Å². The van der Waals surface area contributed by atoms with Gasteiger partial charge in [-0.05, 0) is 18.2 Å². The molecular weight excluding hydrogens is 323 g/mol. The fourth-order valence-corrected chi connectivity index (χ4v) is 2.22. The largest absolute Gasteiger partial charge is 0.262 e. The number of aromatic nitrogens is 4. The van der Waals surface area contributed by atoms with E-state index in [1.165, 1.54) is 18.5 Å². The lowest BCUT2D eigenvalue weighted by Crippen LogP contribution is -1.94. The van der Waals surface area contributed by atoms with E-state index in [9.17, 15) is 4.39 Å². The van der Waals surface area contributed by atoms with E-state index >= 15 is 0 Å². The van der Waals surface area contributed by atoms with Crippen LogP contribution in [-0.2, 0) is 0 Å². The molecule has 4 nitrogen and oxygen atoms in total. The number of rotatable bonds is 1. The van der Waals surface area contributed by atoms with Gasteiger partial charge in [0, 0.05) is 4.47 Å². The standard InChI is InChI=1S/C11H5BrClFN4/c12-6-1-2-7(8(14)3-6)11-17-16-10-5-15-4-9(13)18(10)11/h1-5H. The highest BCUT2D eigenvalue weighted by atomic mass is 79.9. The molecule has 0 bridgehead atoms. The van der Waals surface area contributed by atoms with Crippen LogP contribution in [0.25, 0.3) is 17.0 Å². The normalized spacial score (nSPS) is 11.1. The third-order valence-corrected chi connectivity index (χ3v) is 3.20. The Morgan fingerprint density at radius 1 is 1.22 bits per heavy atom. The molecule has 0 aliphatic rings. The Bertz CT molecular complexity index is 743. The molecule has 2 aromatic heterocycles. The summed E-state index contributed by atoms with van der Waals surface area (Å²) in [7, 11) is 0. The van der Waals surface area contributed by atoms with Gasteiger partial charge in [-0.1, -0.05) is 27.5 Å². The monoisotopic (exact) mass is 326 g/mol. The van der Waals surface area contributed by atoms with E-state index in [0.29, 0.717) is 26.7 Å². The molecule has 2 heterocycles.